The largest absolute Gasteiger partial charge is 0.311 e. The molecule has 1 unspecified atom stereocenters. The van der Waals surface area contributed by atoms with Crippen molar-refractivity contribution in [1.82, 2.24) is 14.8 Å². The van der Waals surface area contributed by atoms with Crippen LogP contribution in [0.15, 0.2) is 30.3 Å². The predicted molar refractivity (Wildman–Crippen MR) is 74.9 cm³/mol. The van der Waals surface area contributed by atoms with Gasteiger partial charge in [0, 0.05) is 12.0 Å². The van der Waals surface area contributed by atoms with Crippen molar-refractivity contribution >= 4 is 15.9 Å². The van der Waals surface area contributed by atoms with Crippen LogP contribution in [0.4, 0.5) is 0 Å². The van der Waals surface area contributed by atoms with E-state index in [-0.39, 0.29) is 0 Å². The monoisotopic (exact) mass is 305 g/mol. The van der Waals surface area contributed by atoms with Crippen LogP contribution in [0.1, 0.15) is 48.9 Å². The summed E-state index contributed by atoms with van der Waals surface area (Å²) < 4.78 is 2.33. The molecule has 0 bridgehead atoms. The molecule has 0 aliphatic heterocycles. The summed E-state index contributed by atoms with van der Waals surface area (Å²) in [6.45, 7) is 2.20. The first-order valence-electron chi connectivity index (χ1n) is 6.36. The van der Waals surface area contributed by atoms with Gasteiger partial charge in [0.25, 0.3) is 0 Å². The molecule has 1 saturated carbocycles. The lowest BCUT2D eigenvalue weighted by Gasteiger charge is -2.14. The van der Waals surface area contributed by atoms with Crippen LogP contribution in [-0.2, 0) is 5.33 Å². The van der Waals surface area contributed by atoms with Gasteiger partial charge in [0.15, 0.2) is 0 Å². The zero-order chi connectivity index (χ0) is 12.5. The van der Waals surface area contributed by atoms with Crippen molar-refractivity contribution in [3.05, 3.63) is 47.5 Å². The van der Waals surface area contributed by atoms with Crippen molar-refractivity contribution in [2.45, 2.75) is 37.1 Å². The van der Waals surface area contributed by atoms with Gasteiger partial charge in [0.05, 0.1) is 5.33 Å². The fourth-order valence-corrected chi connectivity index (χ4v) is 2.73. The number of hydrogen-bond acceptors (Lipinski definition) is 2. The summed E-state index contributed by atoms with van der Waals surface area (Å²) >= 11 is 3.50. The number of benzene rings is 1. The quantitative estimate of drug-likeness (QED) is 0.807. The zero-order valence-electron chi connectivity index (χ0n) is 10.4. The lowest BCUT2D eigenvalue weighted by atomic mass is 10.0. The lowest BCUT2D eigenvalue weighted by molar-refractivity contribution is 0.639. The molecule has 1 heterocycles. The lowest BCUT2D eigenvalue weighted by Crippen LogP contribution is -2.09. The fourth-order valence-electron chi connectivity index (χ4n) is 2.35. The Morgan fingerprint density at radius 3 is 2.61 bits per heavy atom. The van der Waals surface area contributed by atoms with E-state index in [1.807, 2.05) is 6.07 Å². The Labute approximate surface area is 115 Å². The molecule has 0 saturated heterocycles. The number of hydrogen-bond donors (Lipinski definition) is 0. The Morgan fingerprint density at radius 1 is 1.28 bits per heavy atom. The smallest absolute Gasteiger partial charge is 0.143 e. The predicted octanol–water partition coefficient (Wildman–Crippen LogP) is 3.66. The molecular weight excluding hydrogens is 290 g/mol. The minimum atomic E-state index is 0.298. The molecule has 1 aromatic heterocycles. The van der Waals surface area contributed by atoms with E-state index in [4.69, 9.17) is 0 Å². The maximum Gasteiger partial charge on any atom is 0.143 e. The van der Waals surface area contributed by atoms with E-state index >= 15 is 0 Å². The highest BCUT2D eigenvalue weighted by molar-refractivity contribution is 9.08. The van der Waals surface area contributed by atoms with Gasteiger partial charge in [0.2, 0.25) is 0 Å². The summed E-state index contributed by atoms with van der Waals surface area (Å²) in [5, 5.41) is 9.49. The molecule has 0 spiro atoms. The van der Waals surface area contributed by atoms with Crippen molar-refractivity contribution in [3.63, 3.8) is 0 Å². The second-order valence-corrected chi connectivity index (χ2v) is 5.40. The van der Waals surface area contributed by atoms with Crippen LogP contribution in [0, 0.1) is 0 Å². The van der Waals surface area contributed by atoms with Gasteiger partial charge in [-0.15, -0.1) is 10.2 Å². The van der Waals surface area contributed by atoms with E-state index in [1.54, 1.807) is 0 Å². The molecule has 1 fully saturated rings. The van der Waals surface area contributed by atoms with Gasteiger partial charge in [-0.05, 0) is 18.4 Å². The third kappa shape index (κ3) is 2.09. The maximum absolute atomic E-state index is 4.41. The fraction of sp³-hybridized carbons (Fsp3) is 0.429. The van der Waals surface area contributed by atoms with Crippen molar-refractivity contribution in [2.75, 3.05) is 0 Å². The molecule has 1 aliphatic carbocycles. The van der Waals surface area contributed by atoms with Crippen molar-refractivity contribution < 1.29 is 0 Å². The summed E-state index contributed by atoms with van der Waals surface area (Å²) in [5.41, 5.74) is 1.30. The average molecular weight is 306 g/mol. The van der Waals surface area contributed by atoms with Crippen molar-refractivity contribution in [1.29, 1.82) is 0 Å². The van der Waals surface area contributed by atoms with Crippen LogP contribution in [0.25, 0.3) is 0 Å². The molecule has 18 heavy (non-hydrogen) atoms. The molecule has 1 aromatic carbocycles. The number of alkyl halides is 1. The summed E-state index contributed by atoms with van der Waals surface area (Å²) in [7, 11) is 0. The maximum atomic E-state index is 4.41. The van der Waals surface area contributed by atoms with Crippen LogP contribution in [0.3, 0.4) is 0 Å². The molecule has 4 heteroatoms. The normalized spacial score (nSPS) is 16.8. The van der Waals surface area contributed by atoms with Gasteiger partial charge >= 0.3 is 0 Å². The van der Waals surface area contributed by atoms with E-state index in [0.717, 1.165) is 17.0 Å². The van der Waals surface area contributed by atoms with Gasteiger partial charge in [0.1, 0.15) is 11.6 Å². The van der Waals surface area contributed by atoms with Crippen LogP contribution >= 0.6 is 15.9 Å². The van der Waals surface area contributed by atoms with E-state index < -0.39 is 0 Å². The zero-order valence-corrected chi connectivity index (χ0v) is 12.0. The highest BCUT2D eigenvalue weighted by Gasteiger charge is 2.30. The number of aromatic nitrogens is 3. The Balaban J connectivity index is 1.99. The molecular formula is C14H16BrN3. The van der Waals surface area contributed by atoms with Crippen molar-refractivity contribution in [3.8, 4) is 0 Å². The third-order valence-corrected chi connectivity index (χ3v) is 4.01. The van der Waals surface area contributed by atoms with Gasteiger partial charge in [-0.3, -0.25) is 0 Å². The first kappa shape index (κ1) is 11.9. The summed E-state index contributed by atoms with van der Waals surface area (Å²) in [5.74, 6) is 2.44. The Hall–Kier alpha value is -1.16. The topological polar surface area (TPSA) is 30.7 Å². The van der Waals surface area contributed by atoms with E-state index in [0.29, 0.717) is 12.0 Å². The third-order valence-electron chi connectivity index (χ3n) is 3.51. The van der Waals surface area contributed by atoms with Gasteiger partial charge in [-0.2, -0.15) is 0 Å². The summed E-state index contributed by atoms with van der Waals surface area (Å²) in [6.07, 6.45) is 2.51. The molecule has 3 nitrogen and oxygen atoms in total. The first-order valence-corrected chi connectivity index (χ1v) is 7.48. The van der Waals surface area contributed by atoms with Crippen LogP contribution in [-0.4, -0.2) is 14.8 Å². The molecule has 1 aliphatic rings. The van der Waals surface area contributed by atoms with Crippen LogP contribution in [0.2, 0.25) is 0 Å². The second kappa shape index (κ2) is 4.84. The SMILES string of the molecule is CC(c1ccccc1)c1nnc(CBr)n1C1CC1. The first-order chi connectivity index (χ1) is 8.81. The van der Waals surface area contributed by atoms with Gasteiger partial charge in [-0.1, -0.05) is 53.2 Å². The molecule has 0 amide bonds. The number of nitrogens with zero attached hydrogens (tertiary/aromatic N) is 3. The minimum absolute atomic E-state index is 0.298. The number of rotatable bonds is 4. The standard InChI is InChI=1S/C14H16BrN3/c1-10(11-5-3-2-4-6-11)14-17-16-13(9-15)18(14)12-7-8-12/h2-6,10,12H,7-9H2,1H3. The molecule has 3 rings (SSSR count). The molecule has 0 radical (unpaired) electrons. The summed E-state index contributed by atoms with van der Waals surface area (Å²) in [6, 6.07) is 11.1. The molecule has 1 atom stereocenters. The Bertz CT molecular complexity index is 531. The average Bonchev–Trinajstić information content (AvgIpc) is 3.18. The second-order valence-electron chi connectivity index (χ2n) is 4.84. The Morgan fingerprint density at radius 2 is 2.00 bits per heavy atom. The summed E-state index contributed by atoms with van der Waals surface area (Å²) in [4.78, 5) is 0. The van der Waals surface area contributed by atoms with E-state index in [1.165, 1.54) is 18.4 Å². The molecule has 2 aromatic rings. The highest BCUT2D eigenvalue weighted by Crippen LogP contribution is 2.39. The van der Waals surface area contributed by atoms with Crippen molar-refractivity contribution in [2.24, 2.45) is 0 Å². The van der Waals surface area contributed by atoms with Gasteiger partial charge < -0.3 is 4.57 Å². The minimum Gasteiger partial charge on any atom is -0.311 e. The van der Waals surface area contributed by atoms with Crippen LogP contribution < -0.4 is 0 Å². The number of halogens is 1. The molecule has 94 valence electrons. The van der Waals surface area contributed by atoms with E-state index in [2.05, 4.69) is 61.9 Å². The molecule has 0 N–H and O–H groups in total. The van der Waals surface area contributed by atoms with E-state index in [9.17, 15) is 0 Å². The Kier molecular flexibility index (Phi) is 3.20. The highest BCUT2D eigenvalue weighted by atomic mass is 79.9. The van der Waals surface area contributed by atoms with Crippen LogP contribution in [0.5, 0.6) is 0 Å². The van der Waals surface area contributed by atoms with Gasteiger partial charge in [-0.25, -0.2) is 0 Å².